The van der Waals surface area contributed by atoms with E-state index in [1.165, 1.54) is 36.3 Å². The van der Waals surface area contributed by atoms with Crippen molar-refractivity contribution in [3.63, 3.8) is 0 Å². The Hall–Kier alpha value is -1.38. The Labute approximate surface area is 153 Å². The Morgan fingerprint density at radius 3 is 2.46 bits per heavy atom. The summed E-state index contributed by atoms with van der Waals surface area (Å²) in [5.74, 6) is -0.740. The van der Waals surface area contributed by atoms with Crippen molar-refractivity contribution >= 4 is 28.6 Å². The van der Waals surface area contributed by atoms with E-state index >= 15 is 0 Å². The number of hydrogen-bond acceptors (Lipinski definition) is 3. The molecule has 0 aromatic heterocycles. The summed E-state index contributed by atoms with van der Waals surface area (Å²) in [6, 6.07) is 5.50. The van der Waals surface area contributed by atoms with Crippen LogP contribution in [0.15, 0.2) is 35.9 Å². The summed E-state index contributed by atoms with van der Waals surface area (Å²) in [7, 11) is 0. The minimum Gasteiger partial charge on any atom is -0.479 e. The highest BCUT2D eigenvalue weighted by atomic mass is 127. The zero-order valence-electron chi connectivity index (χ0n) is 13.0. The molecule has 0 spiro atoms. The first-order valence-electron chi connectivity index (χ1n) is 7.77. The molecule has 0 radical (unpaired) electrons. The van der Waals surface area contributed by atoms with Gasteiger partial charge >= 0.3 is 10.1 Å². The highest BCUT2D eigenvalue weighted by molar-refractivity contribution is 14.1. The second kappa shape index (κ2) is 8.64. The molecule has 0 bridgehead atoms. The number of ether oxygens (including phenoxy) is 2. The van der Waals surface area contributed by atoms with Crippen LogP contribution in [0.3, 0.4) is 0 Å². The molecular weight excluding hydrogens is 433 g/mol. The number of carboxylic acid groups (broad SMARTS) is 1. The van der Waals surface area contributed by atoms with Crippen LogP contribution in [0.25, 0.3) is 0 Å². The summed E-state index contributed by atoms with van der Waals surface area (Å²) >= 11 is 0.880. The SMILES string of the molecule is O=C(O)C(CCC1=CCCCC1)Oc1ccc(OC(F)(F)I)cc1. The van der Waals surface area contributed by atoms with Gasteiger partial charge in [-0.05, 0) is 62.8 Å². The number of benzene rings is 1. The molecule has 24 heavy (non-hydrogen) atoms. The number of alkyl halides is 3. The van der Waals surface area contributed by atoms with Crippen molar-refractivity contribution in [1.82, 2.24) is 0 Å². The molecule has 7 heteroatoms. The molecular formula is C17H19F2IO4. The van der Waals surface area contributed by atoms with E-state index in [4.69, 9.17) is 4.74 Å². The topological polar surface area (TPSA) is 55.8 Å². The largest absolute Gasteiger partial charge is 0.479 e. The summed E-state index contributed by atoms with van der Waals surface area (Å²) in [5.41, 5.74) is 1.28. The van der Waals surface area contributed by atoms with Crippen LogP contribution in [0, 0.1) is 0 Å². The third-order valence-electron chi connectivity index (χ3n) is 3.72. The minimum absolute atomic E-state index is 0.0130. The predicted molar refractivity (Wildman–Crippen MR) is 93.9 cm³/mol. The van der Waals surface area contributed by atoms with Crippen molar-refractivity contribution in [1.29, 1.82) is 0 Å². The highest BCUT2D eigenvalue weighted by Crippen LogP contribution is 2.29. The molecule has 1 aromatic rings. The van der Waals surface area contributed by atoms with E-state index in [1.54, 1.807) is 0 Å². The van der Waals surface area contributed by atoms with Gasteiger partial charge in [-0.1, -0.05) is 11.6 Å². The first kappa shape index (κ1) is 19.0. The molecule has 1 aromatic carbocycles. The van der Waals surface area contributed by atoms with Crippen LogP contribution in [-0.4, -0.2) is 21.3 Å². The quantitative estimate of drug-likeness (QED) is 0.336. The van der Waals surface area contributed by atoms with Gasteiger partial charge in [-0.3, -0.25) is 0 Å². The van der Waals surface area contributed by atoms with Crippen molar-refractivity contribution in [2.45, 2.75) is 48.7 Å². The fourth-order valence-electron chi connectivity index (χ4n) is 2.57. The third kappa shape index (κ3) is 6.62. The third-order valence-corrected chi connectivity index (χ3v) is 3.94. The summed E-state index contributed by atoms with van der Waals surface area (Å²) in [6.07, 6.45) is 6.69. The summed E-state index contributed by atoms with van der Waals surface area (Å²) < 4.78 is 32.1. The van der Waals surface area contributed by atoms with Gasteiger partial charge in [0.1, 0.15) is 11.5 Å². The lowest BCUT2D eigenvalue weighted by molar-refractivity contribution is -0.145. The molecule has 0 amide bonds. The van der Waals surface area contributed by atoms with Crippen molar-refractivity contribution in [2.24, 2.45) is 0 Å². The van der Waals surface area contributed by atoms with Gasteiger partial charge in [-0.25, -0.2) is 4.79 Å². The van der Waals surface area contributed by atoms with Crippen LogP contribution in [0.5, 0.6) is 11.5 Å². The molecule has 0 saturated heterocycles. The van der Waals surface area contributed by atoms with E-state index in [0.717, 1.165) is 41.9 Å². The van der Waals surface area contributed by atoms with Gasteiger partial charge < -0.3 is 14.6 Å². The molecule has 1 aliphatic rings. The zero-order valence-corrected chi connectivity index (χ0v) is 15.2. The first-order valence-corrected chi connectivity index (χ1v) is 8.84. The standard InChI is InChI=1S/C17H19F2IO4/c18-17(19,20)24-14-9-7-13(8-10-14)23-15(16(21)22)11-6-12-4-2-1-3-5-12/h4,7-10,15H,1-3,5-6,11H2,(H,21,22). The van der Waals surface area contributed by atoms with E-state index in [1.807, 2.05) is 0 Å². The Morgan fingerprint density at radius 1 is 1.25 bits per heavy atom. The Kier molecular flexibility index (Phi) is 6.82. The van der Waals surface area contributed by atoms with Crippen molar-refractivity contribution in [3.05, 3.63) is 35.9 Å². The molecule has 1 N–H and O–H groups in total. The lowest BCUT2D eigenvalue weighted by Gasteiger charge is -2.18. The van der Waals surface area contributed by atoms with Crippen LogP contribution >= 0.6 is 22.6 Å². The maximum absolute atomic E-state index is 12.8. The molecule has 0 heterocycles. The van der Waals surface area contributed by atoms with Crippen LogP contribution in [0.4, 0.5) is 8.78 Å². The average molecular weight is 452 g/mol. The summed E-state index contributed by atoms with van der Waals surface area (Å²) in [5, 5.41) is 9.30. The number of aliphatic carboxylic acids is 1. The van der Waals surface area contributed by atoms with Crippen molar-refractivity contribution < 1.29 is 28.2 Å². The fraction of sp³-hybridized carbons (Fsp3) is 0.471. The van der Waals surface area contributed by atoms with E-state index in [-0.39, 0.29) is 5.75 Å². The number of carbonyl (C=O) groups is 1. The molecule has 0 aliphatic heterocycles. The molecule has 1 atom stereocenters. The van der Waals surface area contributed by atoms with Crippen molar-refractivity contribution in [3.8, 4) is 11.5 Å². The minimum atomic E-state index is -3.29. The van der Waals surface area contributed by atoms with Crippen LogP contribution in [0.2, 0.25) is 0 Å². The van der Waals surface area contributed by atoms with Gasteiger partial charge in [-0.15, -0.1) is 0 Å². The van der Waals surface area contributed by atoms with E-state index < -0.39 is 16.2 Å². The smallest absolute Gasteiger partial charge is 0.451 e. The Balaban J connectivity index is 1.92. The number of carboxylic acids is 1. The second-order valence-electron chi connectivity index (χ2n) is 5.61. The normalized spacial score (nSPS) is 16.2. The van der Waals surface area contributed by atoms with Gasteiger partial charge in [0, 0.05) is 0 Å². The van der Waals surface area contributed by atoms with Crippen LogP contribution < -0.4 is 9.47 Å². The highest BCUT2D eigenvalue weighted by Gasteiger charge is 2.26. The molecule has 4 nitrogen and oxygen atoms in total. The molecule has 1 unspecified atom stereocenters. The fourth-order valence-corrected chi connectivity index (χ4v) is 2.82. The summed E-state index contributed by atoms with van der Waals surface area (Å²) in [4.78, 5) is 11.4. The molecule has 2 rings (SSSR count). The molecule has 0 fully saturated rings. The maximum atomic E-state index is 12.8. The lowest BCUT2D eigenvalue weighted by Crippen LogP contribution is -2.27. The van der Waals surface area contributed by atoms with Crippen LogP contribution in [0.1, 0.15) is 38.5 Å². The first-order chi connectivity index (χ1) is 11.3. The number of allylic oxidation sites excluding steroid dienone is 2. The lowest BCUT2D eigenvalue weighted by atomic mass is 9.95. The molecule has 1 aliphatic carbocycles. The maximum Gasteiger partial charge on any atom is 0.451 e. The van der Waals surface area contributed by atoms with Gasteiger partial charge in [0.2, 0.25) is 0 Å². The molecule has 132 valence electrons. The average Bonchev–Trinajstić information content (AvgIpc) is 2.52. The Morgan fingerprint density at radius 2 is 1.92 bits per heavy atom. The second-order valence-corrected chi connectivity index (χ2v) is 6.87. The monoisotopic (exact) mass is 452 g/mol. The van der Waals surface area contributed by atoms with Crippen LogP contribution in [-0.2, 0) is 4.79 Å². The molecule has 0 saturated carbocycles. The van der Waals surface area contributed by atoms with Gasteiger partial charge in [-0.2, -0.15) is 8.78 Å². The van der Waals surface area contributed by atoms with E-state index in [9.17, 15) is 18.7 Å². The Bertz CT molecular complexity index is 581. The van der Waals surface area contributed by atoms with Crippen molar-refractivity contribution in [2.75, 3.05) is 0 Å². The van der Waals surface area contributed by atoms with E-state index in [2.05, 4.69) is 10.8 Å². The number of halogens is 3. The van der Waals surface area contributed by atoms with Gasteiger partial charge in [0.25, 0.3) is 0 Å². The zero-order chi connectivity index (χ0) is 17.6. The van der Waals surface area contributed by atoms with Gasteiger partial charge in [0.15, 0.2) is 6.10 Å². The summed E-state index contributed by atoms with van der Waals surface area (Å²) in [6.45, 7) is 0. The van der Waals surface area contributed by atoms with E-state index in [0.29, 0.717) is 18.6 Å². The number of hydrogen-bond donors (Lipinski definition) is 1. The number of rotatable bonds is 8. The predicted octanol–water partition coefficient (Wildman–Crippen LogP) is 5.16. The van der Waals surface area contributed by atoms with Gasteiger partial charge in [0.05, 0.1) is 22.6 Å².